The van der Waals surface area contributed by atoms with Gasteiger partial charge in [0, 0.05) is 3.57 Å². The van der Waals surface area contributed by atoms with Crippen molar-refractivity contribution in [3.63, 3.8) is 0 Å². The molecule has 17 heavy (non-hydrogen) atoms. The van der Waals surface area contributed by atoms with Gasteiger partial charge in [0.2, 0.25) is 0 Å². The molecule has 0 saturated carbocycles. The molecule has 3 heteroatoms. The lowest BCUT2D eigenvalue weighted by Crippen LogP contribution is -1.98. The van der Waals surface area contributed by atoms with Crippen molar-refractivity contribution in [2.75, 3.05) is 0 Å². The Kier molecular flexibility index (Phi) is 4.40. The van der Waals surface area contributed by atoms with Crippen molar-refractivity contribution in [1.82, 2.24) is 0 Å². The SMILES string of the molecule is Fc1ccccc1CC(Cl)c1cccc(I)c1. The summed E-state index contributed by atoms with van der Waals surface area (Å²) >= 11 is 8.56. The van der Waals surface area contributed by atoms with Crippen LogP contribution in [-0.4, -0.2) is 0 Å². The third-order valence-electron chi connectivity index (χ3n) is 2.57. The predicted molar refractivity (Wildman–Crippen MR) is 77.9 cm³/mol. The molecular weight excluding hydrogens is 350 g/mol. The molecule has 2 aromatic carbocycles. The average Bonchev–Trinajstić information content (AvgIpc) is 2.32. The van der Waals surface area contributed by atoms with E-state index in [0.29, 0.717) is 12.0 Å². The van der Waals surface area contributed by atoms with Gasteiger partial charge in [-0.2, -0.15) is 0 Å². The number of hydrogen-bond donors (Lipinski definition) is 0. The maximum absolute atomic E-state index is 13.5. The lowest BCUT2D eigenvalue weighted by atomic mass is 10.0. The minimum atomic E-state index is -0.193. The van der Waals surface area contributed by atoms with E-state index in [1.54, 1.807) is 12.1 Å². The normalized spacial score (nSPS) is 12.4. The highest BCUT2D eigenvalue weighted by molar-refractivity contribution is 14.1. The van der Waals surface area contributed by atoms with Gasteiger partial charge < -0.3 is 0 Å². The molecule has 0 amide bonds. The highest BCUT2D eigenvalue weighted by Crippen LogP contribution is 2.26. The van der Waals surface area contributed by atoms with Crippen LogP contribution in [0.15, 0.2) is 48.5 Å². The quantitative estimate of drug-likeness (QED) is 0.536. The first-order valence-corrected chi connectivity index (χ1v) is 6.81. The molecule has 0 N–H and O–H groups in total. The van der Waals surface area contributed by atoms with Gasteiger partial charge >= 0.3 is 0 Å². The first-order valence-electron chi connectivity index (χ1n) is 5.30. The van der Waals surface area contributed by atoms with Crippen LogP contribution in [0, 0.1) is 9.39 Å². The van der Waals surface area contributed by atoms with Gasteiger partial charge in [0.1, 0.15) is 5.82 Å². The van der Waals surface area contributed by atoms with Crippen LogP contribution in [0.4, 0.5) is 4.39 Å². The zero-order chi connectivity index (χ0) is 12.3. The van der Waals surface area contributed by atoms with Crippen LogP contribution in [0.3, 0.4) is 0 Å². The Hall–Kier alpha value is -0.610. The molecule has 2 rings (SSSR count). The van der Waals surface area contributed by atoms with Gasteiger partial charge in [0.25, 0.3) is 0 Å². The number of halogens is 3. The van der Waals surface area contributed by atoms with E-state index in [-0.39, 0.29) is 11.2 Å². The van der Waals surface area contributed by atoms with Gasteiger partial charge in [0.05, 0.1) is 5.38 Å². The van der Waals surface area contributed by atoms with Gasteiger partial charge in [-0.25, -0.2) is 4.39 Å². The second kappa shape index (κ2) is 5.83. The van der Waals surface area contributed by atoms with Crippen LogP contribution in [0.25, 0.3) is 0 Å². The van der Waals surface area contributed by atoms with Crippen LogP contribution in [-0.2, 0) is 6.42 Å². The highest BCUT2D eigenvalue weighted by Gasteiger charge is 2.11. The van der Waals surface area contributed by atoms with E-state index in [0.717, 1.165) is 9.13 Å². The lowest BCUT2D eigenvalue weighted by Gasteiger charge is -2.11. The summed E-state index contributed by atoms with van der Waals surface area (Å²) in [6.45, 7) is 0. The van der Waals surface area contributed by atoms with E-state index in [9.17, 15) is 4.39 Å². The molecule has 0 radical (unpaired) electrons. The van der Waals surface area contributed by atoms with Crippen LogP contribution in [0.5, 0.6) is 0 Å². The van der Waals surface area contributed by atoms with Crippen LogP contribution in [0.1, 0.15) is 16.5 Å². The molecule has 0 heterocycles. The molecule has 0 aliphatic heterocycles. The van der Waals surface area contributed by atoms with Crippen molar-refractivity contribution in [2.24, 2.45) is 0 Å². The summed E-state index contributed by atoms with van der Waals surface area (Å²) in [7, 11) is 0. The molecule has 1 unspecified atom stereocenters. The summed E-state index contributed by atoms with van der Waals surface area (Å²) in [5.74, 6) is -0.191. The Morgan fingerprint density at radius 1 is 1.12 bits per heavy atom. The molecule has 88 valence electrons. The summed E-state index contributed by atoms with van der Waals surface area (Å²) in [5, 5.41) is -0.193. The summed E-state index contributed by atoms with van der Waals surface area (Å²) in [6.07, 6.45) is 0.508. The Morgan fingerprint density at radius 2 is 1.88 bits per heavy atom. The second-order valence-electron chi connectivity index (χ2n) is 3.82. The molecule has 0 fully saturated rings. The number of rotatable bonds is 3. The lowest BCUT2D eigenvalue weighted by molar-refractivity contribution is 0.607. The van der Waals surface area contributed by atoms with Crippen molar-refractivity contribution in [1.29, 1.82) is 0 Å². The molecule has 0 aliphatic rings. The zero-order valence-electron chi connectivity index (χ0n) is 9.04. The number of alkyl halides is 1. The third-order valence-corrected chi connectivity index (χ3v) is 3.64. The summed E-state index contributed by atoms with van der Waals surface area (Å²) in [5.41, 5.74) is 1.69. The minimum Gasteiger partial charge on any atom is -0.207 e. The van der Waals surface area contributed by atoms with E-state index in [2.05, 4.69) is 22.6 Å². The first kappa shape index (κ1) is 12.8. The maximum atomic E-state index is 13.5. The standard InChI is InChI=1S/C14H11ClFI/c15-13(10-5-3-6-12(17)8-10)9-11-4-1-2-7-14(11)16/h1-8,13H,9H2. The van der Waals surface area contributed by atoms with E-state index in [4.69, 9.17) is 11.6 Å². The molecule has 0 aliphatic carbocycles. The smallest absolute Gasteiger partial charge is 0.126 e. The van der Waals surface area contributed by atoms with Crippen molar-refractivity contribution in [3.8, 4) is 0 Å². The summed E-state index contributed by atoms with van der Waals surface area (Å²) < 4.78 is 14.6. The topological polar surface area (TPSA) is 0 Å². The molecule has 0 nitrogen and oxygen atoms in total. The first-order chi connectivity index (χ1) is 8.16. The van der Waals surface area contributed by atoms with Gasteiger partial charge in [-0.1, -0.05) is 30.3 Å². The molecule has 2 aromatic rings. The van der Waals surface area contributed by atoms with Gasteiger partial charge in [-0.3, -0.25) is 0 Å². The van der Waals surface area contributed by atoms with E-state index in [1.165, 1.54) is 6.07 Å². The Balaban J connectivity index is 2.17. The Bertz CT molecular complexity index is 513. The maximum Gasteiger partial charge on any atom is 0.126 e. The van der Waals surface area contributed by atoms with Crippen molar-refractivity contribution >= 4 is 34.2 Å². The predicted octanol–water partition coefficient (Wildman–Crippen LogP) is 4.95. The van der Waals surface area contributed by atoms with Crippen LogP contribution >= 0.6 is 34.2 Å². The fourth-order valence-corrected chi connectivity index (χ4v) is 2.55. The summed E-state index contributed by atoms with van der Waals surface area (Å²) in [6, 6.07) is 14.7. The average molecular weight is 361 g/mol. The Morgan fingerprint density at radius 3 is 2.59 bits per heavy atom. The molecule has 0 bridgehead atoms. The van der Waals surface area contributed by atoms with Crippen molar-refractivity contribution in [2.45, 2.75) is 11.8 Å². The van der Waals surface area contributed by atoms with Gasteiger partial charge in [-0.05, 0) is 58.3 Å². The van der Waals surface area contributed by atoms with Gasteiger partial charge in [0.15, 0.2) is 0 Å². The summed E-state index contributed by atoms with van der Waals surface area (Å²) in [4.78, 5) is 0. The molecule has 0 spiro atoms. The monoisotopic (exact) mass is 360 g/mol. The van der Waals surface area contributed by atoms with Crippen molar-refractivity contribution in [3.05, 3.63) is 69.0 Å². The van der Waals surface area contributed by atoms with Crippen molar-refractivity contribution < 1.29 is 4.39 Å². The fourth-order valence-electron chi connectivity index (χ4n) is 1.68. The largest absolute Gasteiger partial charge is 0.207 e. The highest BCUT2D eigenvalue weighted by atomic mass is 127. The molecule has 1 atom stereocenters. The van der Waals surface area contributed by atoms with Crippen LogP contribution in [0.2, 0.25) is 0 Å². The van der Waals surface area contributed by atoms with E-state index >= 15 is 0 Å². The molecule has 0 aromatic heterocycles. The second-order valence-corrected chi connectivity index (χ2v) is 5.59. The van der Waals surface area contributed by atoms with E-state index in [1.807, 2.05) is 30.3 Å². The minimum absolute atomic E-state index is 0.191. The van der Waals surface area contributed by atoms with Crippen LogP contribution < -0.4 is 0 Å². The van der Waals surface area contributed by atoms with Gasteiger partial charge in [-0.15, -0.1) is 11.6 Å². The molecular formula is C14H11ClFI. The number of hydrogen-bond acceptors (Lipinski definition) is 0. The number of benzene rings is 2. The Labute approximate surface area is 119 Å². The molecule has 0 saturated heterocycles. The third kappa shape index (κ3) is 3.42. The van der Waals surface area contributed by atoms with E-state index < -0.39 is 0 Å². The zero-order valence-corrected chi connectivity index (χ0v) is 12.0. The fraction of sp³-hybridized carbons (Fsp3) is 0.143.